The van der Waals surface area contributed by atoms with Crippen LogP contribution < -0.4 is 25.6 Å². The van der Waals surface area contributed by atoms with Crippen LogP contribution in [0.3, 0.4) is 0 Å². The van der Waals surface area contributed by atoms with Crippen LogP contribution in [0.4, 0.5) is 5.69 Å². The van der Waals surface area contributed by atoms with Gasteiger partial charge in [0.2, 0.25) is 15.9 Å². The number of aliphatic hydroxyl groups is 1. The van der Waals surface area contributed by atoms with E-state index >= 15 is 0 Å². The highest BCUT2D eigenvalue weighted by molar-refractivity contribution is 7.92. The van der Waals surface area contributed by atoms with Gasteiger partial charge >= 0.3 is 0 Å². The Labute approximate surface area is 254 Å². The monoisotopic (exact) mass is 615 g/mol. The molecule has 5 N–H and O–H groups in total. The van der Waals surface area contributed by atoms with Crippen molar-refractivity contribution >= 4 is 33.4 Å². The van der Waals surface area contributed by atoms with E-state index in [1.807, 2.05) is 51.1 Å². The van der Waals surface area contributed by atoms with Gasteiger partial charge in [-0.25, -0.2) is 8.42 Å². The number of rotatable bonds is 14. The van der Waals surface area contributed by atoms with Crippen LogP contribution in [0.1, 0.15) is 72.4 Å². The fraction of sp³-hybridized carbons (Fsp3) is 0.516. The fourth-order valence-corrected chi connectivity index (χ4v) is 5.56. The van der Waals surface area contributed by atoms with Crippen molar-refractivity contribution in [1.82, 2.24) is 21.3 Å². The molecule has 0 aromatic heterocycles. The molecule has 2 aromatic carbocycles. The van der Waals surface area contributed by atoms with Crippen LogP contribution in [0.25, 0.3) is 0 Å². The number of hydrogen-bond acceptors (Lipinski definition) is 7. The zero-order valence-corrected chi connectivity index (χ0v) is 26.4. The molecule has 0 heterocycles. The minimum atomic E-state index is -3.67. The van der Waals surface area contributed by atoms with Gasteiger partial charge in [0, 0.05) is 43.7 Å². The largest absolute Gasteiger partial charge is 0.393 e. The third-order valence-corrected chi connectivity index (χ3v) is 8.86. The summed E-state index contributed by atoms with van der Waals surface area (Å²) in [5.74, 6) is -1.07. The molecule has 3 rings (SSSR count). The van der Waals surface area contributed by atoms with Crippen molar-refractivity contribution in [3.8, 4) is 0 Å². The number of benzene rings is 2. The first-order valence-corrected chi connectivity index (χ1v) is 16.5. The lowest BCUT2D eigenvalue weighted by atomic mass is 9.95. The summed E-state index contributed by atoms with van der Waals surface area (Å²) >= 11 is 0. The number of anilines is 1. The standard InChI is InChI=1S/C31H45N5O6S/c1-20(2)19-34-31(40)28(26-12-9-13-27(26)37)32-14-15-33-29(38)23-16-24(18-25(17-23)36(4)43(5,41)42)30(39)35-21(3)22-10-7-6-8-11-22/h6-8,10-11,16-18,20-21,26-28,32,37H,9,12-15,19H2,1-5H3,(H,33,38)(H,34,40)(H,35,39)/t21-,26-,27?,28+/m1/s1. The van der Waals surface area contributed by atoms with E-state index in [2.05, 4.69) is 21.3 Å². The maximum atomic E-state index is 13.2. The molecule has 4 atom stereocenters. The number of nitrogens with zero attached hydrogens (tertiary/aromatic N) is 1. The van der Waals surface area contributed by atoms with Gasteiger partial charge in [-0.3, -0.25) is 18.7 Å². The van der Waals surface area contributed by atoms with E-state index in [4.69, 9.17) is 0 Å². The molecular formula is C31H45N5O6S. The van der Waals surface area contributed by atoms with Gasteiger partial charge in [0.15, 0.2) is 0 Å². The van der Waals surface area contributed by atoms with E-state index in [1.54, 1.807) is 0 Å². The molecule has 0 aliphatic heterocycles. The zero-order chi connectivity index (χ0) is 31.7. The first-order chi connectivity index (χ1) is 20.3. The third-order valence-electron chi connectivity index (χ3n) is 7.65. The molecule has 1 unspecified atom stereocenters. The van der Waals surface area contributed by atoms with Crippen LogP contribution in [-0.4, -0.2) is 76.3 Å². The molecular weight excluding hydrogens is 570 g/mol. The Morgan fingerprint density at radius 1 is 0.953 bits per heavy atom. The molecule has 43 heavy (non-hydrogen) atoms. The predicted octanol–water partition coefficient (Wildman–Crippen LogP) is 2.19. The lowest BCUT2D eigenvalue weighted by molar-refractivity contribution is -0.125. The number of carbonyl (C=O) groups excluding carboxylic acids is 3. The van der Waals surface area contributed by atoms with E-state index in [-0.39, 0.29) is 53.7 Å². The predicted molar refractivity (Wildman–Crippen MR) is 167 cm³/mol. The smallest absolute Gasteiger partial charge is 0.251 e. The molecule has 12 heteroatoms. The molecule has 11 nitrogen and oxygen atoms in total. The topological polar surface area (TPSA) is 157 Å². The van der Waals surface area contributed by atoms with Crippen molar-refractivity contribution in [2.75, 3.05) is 37.2 Å². The second-order valence-corrected chi connectivity index (χ2v) is 13.6. The molecule has 3 amide bonds. The lowest BCUT2D eigenvalue weighted by Gasteiger charge is -2.27. The Kier molecular flexibility index (Phi) is 12.1. The molecule has 0 bridgehead atoms. The quantitative estimate of drug-likeness (QED) is 0.204. The fourth-order valence-electron chi connectivity index (χ4n) is 5.07. The lowest BCUT2D eigenvalue weighted by Crippen LogP contribution is -2.52. The average Bonchev–Trinajstić information content (AvgIpc) is 3.40. The number of sulfonamides is 1. The van der Waals surface area contributed by atoms with Crippen molar-refractivity contribution in [1.29, 1.82) is 0 Å². The first-order valence-electron chi connectivity index (χ1n) is 14.7. The van der Waals surface area contributed by atoms with Gasteiger partial charge < -0.3 is 26.4 Å². The van der Waals surface area contributed by atoms with E-state index in [0.29, 0.717) is 13.0 Å². The van der Waals surface area contributed by atoms with Crippen molar-refractivity contribution in [3.05, 3.63) is 65.2 Å². The highest BCUT2D eigenvalue weighted by atomic mass is 32.2. The third kappa shape index (κ3) is 9.77. The Morgan fingerprint density at radius 2 is 1.60 bits per heavy atom. The summed E-state index contributed by atoms with van der Waals surface area (Å²) in [6.07, 6.45) is 2.69. The number of amides is 3. The van der Waals surface area contributed by atoms with E-state index < -0.39 is 34.0 Å². The normalized spacial score (nSPS) is 18.1. The van der Waals surface area contributed by atoms with Gasteiger partial charge in [-0.05, 0) is 49.4 Å². The summed E-state index contributed by atoms with van der Waals surface area (Å²) in [5, 5.41) is 22.2. The Bertz CT molecular complexity index is 1370. The molecule has 2 aromatic rings. The van der Waals surface area contributed by atoms with Crippen LogP contribution in [0.5, 0.6) is 0 Å². The van der Waals surface area contributed by atoms with E-state index in [9.17, 15) is 27.9 Å². The molecule has 1 saturated carbocycles. The van der Waals surface area contributed by atoms with Crippen LogP contribution in [0, 0.1) is 11.8 Å². The molecule has 0 radical (unpaired) electrons. The Morgan fingerprint density at radius 3 is 2.19 bits per heavy atom. The summed E-state index contributed by atoms with van der Waals surface area (Å²) in [7, 11) is -2.31. The van der Waals surface area contributed by atoms with E-state index in [0.717, 1.165) is 29.0 Å². The second-order valence-electron chi connectivity index (χ2n) is 11.6. The van der Waals surface area contributed by atoms with Crippen LogP contribution in [0.15, 0.2) is 48.5 Å². The molecule has 1 aliphatic rings. The highest BCUT2D eigenvalue weighted by Gasteiger charge is 2.36. The minimum absolute atomic E-state index is 0.114. The summed E-state index contributed by atoms with van der Waals surface area (Å²) in [6.45, 7) is 6.79. The maximum Gasteiger partial charge on any atom is 0.251 e. The summed E-state index contributed by atoms with van der Waals surface area (Å²) in [6, 6.07) is 12.7. The number of hydrogen-bond donors (Lipinski definition) is 5. The van der Waals surface area contributed by atoms with Gasteiger partial charge in [0.05, 0.1) is 30.1 Å². The second kappa shape index (κ2) is 15.3. The molecule has 1 fully saturated rings. The molecule has 0 saturated heterocycles. The molecule has 236 valence electrons. The van der Waals surface area contributed by atoms with Gasteiger partial charge in [0.25, 0.3) is 11.8 Å². The minimum Gasteiger partial charge on any atom is -0.393 e. The van der Waals surface area contributed by atoms with Gasteiger partial charge in [0.1, 0.15) is 0 Å². The van der Waals surface area contributed by atoms with Crippen molar-refractivity contribution in [3.63, 3.8) is 0 Å². The van der Waals surface area contributed by atoms with E-state index in [1.165, 1.54) is 25.2 Å². The first kappa shape index (κ1) is 34.0. The SMILES string of the molecule is CC(C)CNC(=O)[C@@H](NCCNC(=O)c1cc(C(=O)N[C@H](C)c2ccccc2)cc(N(C)S(C)(=O)=O)c1)[C@@H]1CCCC1O. The van der Waals surface area contributed by atoms with Crippen molar-refractivity contribution in [2.24, 2.45) is 11.8 Å². The van der Waals surface area contributed by atoms with Gasteiger partial charge in [-0.2, -0.15) is 0 Å². The number of aliphatic hydroxyl groups excluding tert-OH is 1. The van der Waals surface area contributed by atoms with Crippen LogP contribution in [-0.2, 0) is 14.8 Å². The Hall–Kier alpha value is -3.48. The van der Waals surface area contributed by atoms with Crippen molar-refractivity contribution in [2.45, 2.75) is 58.2 Å². The Balaban J connectivity index is 1.72. The molecule has 0 spiro atoms. The number of nitrogens with one attached hydrogen (secondary N) is 4. The van der Waals surface area contributed by atoms with Crippen molar-refractivity contribution < 1.29 is 27.9 Å². The highest BCUT2D eigenvalue weighted by Crippen LogP contribution is 2.28. The summed E-state index contributed by atoms with van der Waals surface area (Å²) in [5.41, 5.74) is 1.31. The van der Waals surface area contributed by atoms with Crippen LogP contribution >= 0.6 is 0 Å². The molecule has 1 aliphatic carbocycles. The van der Waals surface area contributed by atoms with Crippen LogP contribution in [0.2, 0.25) is 0 Å². The zero-order valence-electron chi connectivity index (χ0n) is 25.6. The van der Waals surface area contributed by atoms with Gasteiger partial charge in [-0.15, -0.1) is 0 Å². The number of carbonyl (C=O) groups is 3. The average molecular weight is 616 g/mol. The summed E-state index contributed by atoms with van der Waals surface area (Å²) in [4.78, 5) is 39.3. The maximum absolute atomic E-state index is 13.2. The van der Waals surface area contributed by atoms with Gasteiger partial charge in [-0.1, -0.05) is 50.6 Å². The summed E-state index contributed by atoms with van der Waals surface area (Å²) < 4.78 is 25.5.